The molecule has 2 N–H and O–H groups in total. The van der Waals surface area contributed by atoms with Crippen molar-refractivity contribution in [2.45, 2.75) is 32.5 Å². The number of fused-ring (bicyclic) bond motifs is 1. The molecule has 4 rings (SSSR count). The number of hydrogen-bond acceptors (Lipinski definition) is 5. The fraction of sp³-hybridized carbons (Fsp3) is 0.348. The molecule has 0 amide bonds. The van der Waals surface area contributed by atoms with Crippen LogP contribution in [-0.2, 0) is 13.2 Å². The van der Waals surface area contributed by atoms with Crippen molar-refractivity contribution >= 4 is 22.3 Å². The van der Waals surface area contributed by atoms with Crippen molar-refractivity contribution in [2.24, 2.45) is 7.05 Å². The number of halogens is 3. The van der Waals surface area contributed by atoms with Gasteiger partial charge >= 0.3 is 6.18 Å². The van der Waals surface area contributed by atoms with Crippen LogP contribution in [0.5, 0.6) is 0 Å². The Morgan fingerprint density at radius 2 is 2.00 bits per heavy atom. The second-order valence-corrected chi connectivity index (χ2v) is 8.00. The van der Waals surface area contributed by atoms with Crippen molar-refractivity contribution in [3.63, 3.8) is 0 Å². The Morgan fingerprint density at radius 1 is 1.22 bits per heavy atom. The molecular weight excluding hydrogens is 419 g/mol. The Bertz CT molecular complexity index is 1260. The van der Waals surface area contributed by atoms with Crippen LogP contribution in [0.3, 0.4) is 0 Å². The SMILES string of the molecule is Cc1nnc(NC(C)c2cccc(C(F)(F)F)c2)c2cc(C3=CCCNC3)c(=O)n(C)c12. The standard InChI is InChI=1S/C23H24F3N5O/c1-13(15-6-4-8-17(10-15)23(24,25)26)28-21-19-11-18(16-7-5-9-27-12-16)22(32)31(3)20(19)14(2)29-30-21/h4,6-8,10-11,13,27H,5,9,12H2,1-3H3,(H,28,30). The Labute approximate surface area is 183 Å². The van der Waals surface area contributed by atoms with Gasteiger partial charge in [-0.2, -0.15) is 18.3 Å². The molecule has 0 spiro atoms. The third-order valence-electron chi connectivity index (χ3n) is 5.75. The first kappa shape index (κ1) is 22.0. The molecule has 168 valence electrons. The van der Waals surface area contributed by atoms with Crippen LogP contribution in [-0.4, -0.2) is 27.9 Å². The number of aromatic nitrogens is 3. The summed E-state index contributed by atoms with van der Waals surface area (Å²) in [4.78, 5) is 13.0. The van der Waals surface area contributed by atoms with Crippen molar-refractivity contribution in [3.05, 3.63) is 69.1 Å². The highest BCUT2D eigenvalue weighted by Gasteiger charge is 2.30. The summed E-state index contributed by atoms with van der Waals surface area (Å²) in [5, 5.41) is 15.6. The minimum Gasteiger partial charge on any atom is -0.361 e. The van der Waals surface area contributed by atoms with E-state index < -0.39 is 17.8 Å². The van der Waals surface area contributed by atoms with Crippen LogP contribution in [0.1, 0.15) is 41.8 Å². The highest BCUT2D eigenvalue weighted by Crippen LogP contribution is 2.32. The summed E-state index contributed by atoms with van der Waals surface area (Å²) in [6.45, 7) is 5.00. The zero-order chi connectivity index (χ0) is 23.0. The van der Waals surface area contributed by atoms with Gasteiger partial charge in [-0.25, -0.2) is 0 Å². The average Bonchev–Trinajstić information content (AvgIpc) is 2.77. The summed E-state index contributed by atoms with van der Waals surface area (Å²) in [6, 6.07) is 6.54. The number of aryl methyl sites for hydroxylation is 2. The molecule has 2 aromatic heterocycles. The van der Waals surface area contributed by atoms with Gasteiger partial charge in [0.15, 0.2) is 5.82 Å². The normalized spacial score (nSPS) is 15.5. The lowest BCUT2D eigenvalue weighted by molar-refractivity contribution is -0.137. The average molecular weight is 443 g/mol. The predicted octanol–water partition coefficient (Wildman–Crippen LogP) is 4.21. The highest BCUT2D eigenvalue weighted by molar-refractivity contribution is 5.93. The van der Waals surface area contributed by atoms with Crippen LogP contribution in [0, 0.1) is 6.92 Å². The lowest BCUT2D eigenvalue weighted by Gasteiger charge is -2.20. The fourth-order valence-electron chi connectivity index (χ4n) is 4.04. The summed E-state index contributed by atoms with van der Waals surface area (Å²) in [7, 11) is 1.69. The number of pyridine rings is 1. The van der Waals surface area contributed by atoms with E-state index in [0.29, 0.717) is 40.1 Å². The van der Waals surface area contributed by atoms with Crippen molar-refractivity contribution in [1.82, 2.24) is 20.1 Å². The molecule has 1 aromatic carbocycles. The van der Waals surface area contributed by atoms with Gasteiger partial charge in [-0.1, -0.05) is 18.2 Å². The van der Waals surface area contributed by atoms with Gasteiger partial charge < -0.3 is 15.2 Å². The molecule has 0 aliphatic carbocycles. The molecule has 1 aliphatic rings. The molecule has 32 heavy (non-hydrogen) atoms. The molecule has 0 fully saturated rings. The highest BCUT2D eigenvalue weighted by atomic mass is 19.4. The van der Waals surface area contributed by atoms with Crippen molar-refractivity contribution in [2.75, 3.05) is 18.4 Å². The van der Waals surface area contributed by atoms with Crippen LogP contribution in [0.4, 0.5) is 19.0 Å². The summed E-state index contributed by atoms with van der Waals surface area (Å²) in [6.07, 6.45) is -1.53. The molecule has 1 atom stereocenters. The van der Waals surface area contributed by atoms with E-state index in [1.54, 1.807) is 37.6 Å². The summed E-state index contributed by atoms with van der Waals surface area (Å²) in [5.41, 5.74) is 2.38. The van der Waals surface area contributed by atoms with E-state index in [0.717, 1.165) is 30.7 Å². The molecule has 0 saturated carbocycles. The van der Waals surface area contributed by atoms with Crippen LogP contribution < -0.4 is 16.2 Å². The van der Waals surface area contributed by atoms with Crippen molar-refractivity contribution in [1.29, 1.82) is 0 Å². The number of nitrogens with one attached hydrogen (secondary N) is 2. The minimum absolute atomic E-state index is 0.125. The Balaban J connectivity index is 1.79. The molecular formula is C23H24F3N5O. The van der Waals surface area contributed by atoms with Crippen molar-refractivity contribution in [3.8, 4) is 0 Å². The number of rotatable bonds is 4. The van der Waals surface area contributed by atoms with E-state index >= 15 is 0 Å². The van der Waals surface area contributed by atoms with E-state index in [1.807, 2.05) is 0 Å². The van der Waals surface area contributed by atoms with Crippen LogP contribution in [0.25, 0.3) is 16.5 Å². The lowest BCUT2D eigenvalue weighted by Crippen LogP contribution is -2.28. The van der Waals surface area contributed by atoms with Gasteiger partial charge in [0.05, 0.1) is 22.8 Å². The van der Waals surface area contributed by atoms with Gasteiger partial charge in [-0.05, 0) is 56.1 Å². The Morgan fingerprint density at radius 3 is 2.69 bits per heavy atom. The third kappa shape index (κ3) is 4.12. The van der Waals surface area contributed by atoms with Gasteiger partial charge in [0.1, 0.15) is 0 Å². The van der Waals surface area contributed by atoms with E-state index in [-0.39, 0.29) is 5.56 Å². The number of benzene rings is 1. The zero-order valence-electron chi connectivity index (χ0n) is 18.0. The summed E-state index contributed by atoms with van der Waals surface area (Å²) in [5.74, 6) is 0.414. The third-order valence-corrected chi connectivity index (χ3v) is 5.75. The van der Waals surface area contributed by atoms with E-state index in [2.05, 4.69) is 26.9 Å². The first-order chi connectivity index (χ1) is 15.2. The summed E-state index contributed by atoms with van der Waals surface area (Å²) < 4.78 is 40.9. The monoisotopic (exact) mass is 443 g/mol. The molecule has 0 radical (unpaired) electrons. The van der Waals surface area contributed by atoms with E-state index in [1.165, 1.54) is 6.07 Å². The van der Waals surface area contributed by atoms with Gasteiger partial charge in [-0.3, -0.25) is 4.79 Å². The Kier molecular flexibility index (Phi) is 5.77. The van der Waals surface area contributed by atoms with Gasteiger partial charge in [-0.15, -0.1) is 5.10 Å². The summed E-state index contributed by atoms with van der Waals surface area (Å²) >= 11 is 0. The van der Waals surface area contributed by atoms with Gasteiger partial charge in [0.25, 0.3) is 5.56 Å². The molecule has 0 saturated heterocycles. The molecule has 9 heteroatoms. The maximum absolute atomic E-state index is 13.1. The maximum atomic E-state index is 13.1. The Hall–Kier alpha value is -3.20. The smallest absolute Gasteiger partial charge is 0.361 e. The van der Waals surface area contributed by atoms with E-state index in [9.17, 15) is 18.0 Å². The fourth-order valence-corrected chi connectivity index (χ4v) is 4.04. The number of anilines is 1. The number of nitrogens with zero attached hydrogens (tertiary/aromatic N) is 3. The predicted molar refractivity (Wildman–Crippen MR) is 118 cm³/mol. The number of hydrogen-bond donors (Lipinski definition) is 2. The quantitative estimate of drug-likeness (QED) is 0.632. The maximum Gasteiger partial charge on any atom is 0.416 e. The second-order valence-electron chi connectivity index (χ2n) is 8.00. The number of alkyl halides is 3. The largest absolute Gasteiger partial charge is 0.416 e. The van der Waals surface area contributed by atoms with Crippen LogP contribution in [0.2, 0.25) is 0 Å². The molecule has 3 heterocycles. The molecule has 1 unspecified atom stereocenters. The first-order valence-corrected chi connectivity index (χ1v) is 10.4. The molecule has 3 aromatic rings. The van der Waals surface area contributed by atoms with Crippen molar-refractivity contribution < 1.29 is 13.2 Å². The topological polar surface area (TPSA) is 71.8 Å². The zero-order valence-corrected chi connectivity index (χ0v) is 18.0. The van der Waals surface area contributed by atoms with Gasteiger partial charge in [0.2, 0.25) is 0 Å². The molecule has 0 bridgehead atoms. The molecule has 6 nitrogen and oxygen atoms in total. The van der Waals surface area contributed by atoms with E-state index in [4.69, 9.17) is 0 Å². The van der Waals surface area contributed by atoms with Crippen LogP contribution >= 0.6 is 0 Å². The second kappa shape index (κ2) is 8.38. The van der Waals surface area contributed by atoms with Gasteiger partial charge in [0, 0.05) is 24.5 Å². The van der Waals surface area contributed by atoms with Crippen LogP contribution in [0.15, 0.2) is 41.2 Å². The lowest BCUT2D eigenvalue weighted by atomic mass is 10.0. The minimum atomic E-state index is -4.42. The first-order valence-electron chi connectivity index (χ1n) is 10.4. The molecule has 1 aliphatic heterocycles.